The average molecular weight is 461 g/mol. The summed E-state index contributed by atoms with van der Waals surface area (Å²) in [6.07, 6.45) is 1.10. The van der Waals surface area contributed by atoms with Gasteiger partial charge in [0.15, 0.2) is 0 Å². The zero-order chi connectivity index (χ0) is 21.5. The first-order valence-electron chi connectivity index (χ1n) is 9.68. The first kappa shape index (κ1) is 21.3. The highest BCUT2D eigenvalue weighted by atomic mass is 79.9. The van der Waals surface area contributed by atoms with Crippen molar-refractivity contribution < 1.29 is 19.1 Å². The van der Waals surface area contributed by atoms with Gasteiger partial charge in [0, 0.05) is 23.2 Å². The second-order valence-corrected chi connectivity index (χ2v) is 8.89. The van der Waals surface area contributed by atoms with Crippen LogP contribution in [0.5, 0.6) is 0 Å². The largest absolute Gasteiger partial charge is 0.443 e. The van der Waals surface area contributed by atoms with Crippen molar-refractivity contribution in [2.45, 2.75) is 53.1 Å². The number of fused-ring (bicyclic) bond motifs is 1. The fraction of sp³-hybridized carbons (Fsp3) is 0.409. The number of hydrogen-bond donors (Lipinski definition) is 0. The molecule has 1 aromatic heterocycles. The highest BCUT2D eigenvalue weighted by molar-refractivity contribution is 9.12. The highest BCUT2D eigenvalue weighted by Gasteiger charge is 2.40. The van der Waals surface area contributed by atoms with Crippen LogP contribution in [0.2, 0.25) is 0 Å². The lowest BCUT2D eigenvalue weighted by Crippen LogP contribution is -2.32. The Kier molecular flexibility index (Phi) is 5.72. The summed E-state index contributed by atoms with van der Waals surface area (Å²) < 4.78 is 7.27. The molecule has 0 unspecified atom stereocenters. The summed E-state index contributed by atoms with van der Waals surface area (Å²) in [5.41, 5.74) is 1.41. The van der Waals surface area contributed by atoms with Gasteiger partial charge in [0.1, 0.15) is 5.60 Å². The van der Waals surface area contributed by atoms with Gasteiger partial charge >= 0.3 is 6.09 Å². The van der Waals surface area contributed by atoms with Gasteiger partial charge in [-0.25, -0.2) is 9.36 Å². The Morgan fingerprint density at radius 1 is 1.14 bits per heavy atom. The summed E-state index contributed by atoms with van der Waals surface area (Å²) in [6.45, 7) is 9.55. The molecule has 0 bridgehead atoms. The molecule has 0 saturated carbocycles. The summed E-state index contributed by atoms with van der Waals surface area (Å²) in [5, 5.41) is 0.723. The first-order valence-corrected chi connectivity index (χ1v) is 10.5. The first-order chi connectivity index (χ1) is 13.6. The van der Waals surface area contributed by atoms with E-state index in [0.717, 1.165) is 18.2 Å². The Balaban J connectivity index is 2.19. The number of para-hydroxylation sites is 1. The number of aromatic nitrogens is 1. The summed E-state index contributed by atoms with van der Waals surface area (Å²) in [5.74, 6) is -0.683. The zero-order valence-corrected chi connectivity index (χ0v) is 18.9. The zero-order valence-electron chi connectivity index (χ0n) is 17.3. The molecular weight excluding hydrogens is 436 g/mol. The van der Waals surface area contributed by atoms with Crippen LogP contribution >= 0.6 is 15.9 Å². The second kappa shape index (κ2) is 7.78. The minimum absolute atomic E-state index is 0.230. The standard InChI is InChI=1S/C22H25BrN2O4/c1-6-7-12-24-19(26)17(18(23)20(24)27)16-13(2)25(21(28)29-22(3,4)5)15-11-9-8-10-14(15)16/h8-11H,6-7,12H2,1-5H3. The van der Waals surface area contributed by atoms with Gasteiger partial charge in [-0.2, -0.15) is 0 Å². The number of amides is 2. The maximum Gasteiger partial charge on any atom is 0.419 e. The van der Waals surface area contributed by atoms with E-state index in [1.807, 2.05) is 25.1 Å². The van der Waals surface area contributed by atoms with Crippen LogP contribution in [0.15, 0.2) is 28.7 Å². The summed E-state index contributed by atoms with van der Waals surface area (Å²) in [6, 6.07) is 7.32. The molecule has 29 heavy (non-hydrogen) atoms. The molecule has 0 spiro atoms. The van der Waals surface area contributed by atoms with Crippen molar-refractivity contribution >= 4 is 50.3 Å². The van der Waals surface area contributed by atoms with E-state index in [1.54, 1.807) is 33.8 Å². The number of halogens is 1. The molecule has 1 aliphatic heterocycles. The predicted molar refractivity (Wildman–Crippen MR) is 116 cm³/mol. The number of nitrogens with zero attached hydrogens (tertiary/aromatic N) is 2. The van der Waals surface area contributed by atoms with Crippen LogP contribution in [0, 0.1) is 6.92 Å². The van der Waals surface area contributed by atoms with Crippen molar-refractivity contribution in [2.24, 2.45) is 0 Å². The number of carbonyl (C=O) groups is 3. The SMILES string of the molecule is CCCCN1C(=O)C(Br)=C(c2c(C)n(C(=O)OC(C)(C)C)c3ccccc23)C1=O. The number of carbonyl (C=O) groups excluding carboxylic acids is 3. The van der Waals surface area contributed by atoms with E-state index in [4.69, 9.17) is 4.74 Å². The lowest BCUT2D eigenvalue weighted by molar-refractivity contribution is -0.136. The number of imide groups is 1. The minimum atomic E-state index is -0.662. The van der Waals surface area contributed by atoms with Crippen LogP contribution in [0.25, 0.3) is 16.5 Å². The monoisotopic (exact) mass is 460 g/mol. The third-order valence-electron chi connectivity index (χ3n) is 4.78. The Morgan fingerprint density at radius 3 is 2.41 bits per heavy atom. The molecule has 0 radical (unpaired) electrons. The van der Waals surface area contributed by atoms with E-state index in [9.17, 15) is 14.4 Å². The van der Waals surface area contributed by atoms with Crippen LogP contribution < -0.4 is 0 Å². The van der Waals surface area contributed by atoms with E-state index in [-0.39, 0.29) is 16.3 Å². The van der Waals surface area contributed by atoms with Gasteiger partial charge in [-0.1, -0.05) is 31.5 Å². The Morgan fingerprint density at radius 2 is 1.79 bits per heavy atom. The minimum Gasteiger partial charge on any atom is -0.443 e. The van der Waals surface area contributed by atoms with Crippen LogP contribution in [-0.4, -0.2) is 39.5 Å². The van der Waals surface area contributed by atoms with Gasteiger partial charge in [-0.05, 0) is 56.1 Å². The van der Waals surface area contributed by atoms with Gasteiger partial charge in [0.2, 0.25) is 0 Å². The third kappa shape index (κ3) is 3.75. The van der Waals surface area contributed by atoms with Crippen LogP contribution in [-0.2, 0) is 14.3 Å². The van der Waals surface area contributed by atoms with Gasteiger partial charge < -0.3 is 4.74 Å². The van der Waals surface area contributed by atoms with Crippen molar-refractivity contribution in [3.63, 3.8) is 0 Å². The van der Waals surface area contributed by atoms with Gasteiger partial charge in [0.05, 0.1) is 15.6 Å². The third-order valence-corrected chi connectivity index (χ3v) is 5.52. The van der Waals surface area contributed by atoms with E-state index >= 15 is 0 Å². The molecule has 3 rings (SSSR count). The average Bonchev–Trinajstić information content (AvgIpc) is 3.03. The van der Waals surface area contributed by atoms with Crippen molar-refractivity contribution in [3.05, 3.63) is 40.0 Å². The van der Waals surface area contributed by atoms with Crippen LogP contribution in [0.1, 0.15) is 51.8 Å². The Bertz CT molecular complexity index is 1040. The number of hydrogen-bond acceptors (Lipinski definition) is 4. The van der Waals surface area contributed by atoms with Crippen molar-refractivity contribution in [3.8, 4) is 0 Å². The molecule has 0 saturated heterocycles. The number of benzene rings is 1. The molecule has 0 N–H and O–H groups in total. The molecule has 0 aliphatic carbocycles. The topological polar surface area (TPSA) is 68.6 Å². The highest BCUT2D eigenvalue weighted by Crippen LogP contribution is 2.39. The molecule has 2 amide bonds. The maximum atomic E-state index is 13.1. The maximum absolute atomic E-state index is 13.1. The number of ether oxygens (including phenoxy) is 1. The van der Waals surface area contributed by atoms with Crippen LogP contribution in [0.3, 0.4) is 0 Å². The number of rotatable bonds is 4. The van der Waals surface area contributed by atoms with E-state index in [2.05, 4.69) is 15.9 Å². The smallest absolute Gasteiger partial charge is 0.419 e. The van der Waals surface area contributed by atoms with E-state index < -0.39 is 11.7 Å². The summed E-state index contributed by atoms with van der Waals surface area (Å²) in [4.78, 5) is 40.0. The van der Waals surface area contributed by atoms with Crippen molar-refractivity contribution in [2.75, 3.05) is 6.54 Å². The lowest BCUT2D eigenvalue weighted by atomic mass is 10.0. The molecule has 1 aromatic carbocycles. The molecule has 154 valence electrons. The molecule has 2 heterocycles. The van der Waals surface area contributed by atoms with Crippen LogP contribution in [0.4, 0.5) is 4.79 Å². The number of unbranched alkanes of at least 4 members (excludes halogenated alkanes) is 1. The molecule has 1 aliphatic rings. The lowest BCUT2D eigenvalue weighted by Gasteiger charge is -2.20. The molecule has 7 heteroatoms. The Labute approximate surface area is 178 Å². The van der Waals surface area contributed by atoms with Crippen molar-refractivity contribution in [1.82, 2.24) is 9.47 Å². The normalized spacial score (nSPS) is 15.0. The molecule has 0 atom stereocenters. The fourth-order valence-corrected chi connectivity index (χ4v) is 4.09. The molecule has 2 aromatic rings. The predicted octanol–water partition coefficient (Wildman–Crippen LogP) is 5.01. The molecule has 6 nitrogen and oxygen atoms in total. The summed E-state index contributed by atoms with van der Waals surface area (Å²) >= 11 is 3.34. The van der Waals surface area contributed by atoms with Gasteiger partial charge in [0.25, 0.3) is 11.8 Å². The summed E-state index contributed by atoms with van der Waals surface area (Å²) in [7, 11) is 0. The van der Waals surface area contributed by atoms with E-state index in [1.165, 1.54) is 9.47 Å². The molecule has 0 fully saturated rings. The quantitative estimate of drug-likeness (QED) is 0.601. The van der Waals surface area contributed by atoms with Crippen molar-refractivity contribution in [1.29, 1.82) is 0 Å². The van der Waals surface area contributed by atoms with Gasteiger partial charge in [-0.15, -0.1) is 0 Å². The Hall–Kier alpha value is -2.41. The fourth-order valence-electron chi connectivity index (χ4n) is 3.51. The molecular formula is C22H25BrN2O4. The van der Waals surface area contributed by atoms with E-state index in [0.29, 0.717) is 28.9 Å². The van der Waals surface area contributed by atoms with Gasteiger partial charge in [-0.3, -0.25) is 14.5 Å². The second-order valence-electron chi connectivity index (χ2n) is 8.10.